The molecule has 0 N–H and O–H groups in total. The van der Waals surface area contributed by atoms with Crippen molar-refractivity contribution in [2.45, 2.75) is 5.92 Å². The molecule has 3 nitrogen and oxygen atoms in total. The van der Waals surface area contributed by atoms with Crippen LogP contribution >= 0.6 is 15.9 Å². The minimum atomic E-state index is -0.725. The first-order chi connectivity index (χ1) is 6.72. The molecule has 0 saturated carbocycles. The number of carbonyl (C=O) groups excluding carboxylic acids is 1. The molecule has 0 bridgehead atoms. The van der Waals surface area contributed by atoms with Crippen molar-refractivity contribution in [2.75, 3.05) is 7.11 Å². The van der Waals surface area contributed by atoms with Gasteiger partial charge in [-0.1, -0.05) is 6.07 Å². The molecule has 72 valence electrons. The molecule has 0 fully saturated rings. The first-order valence-electron chi connectivity index (χ1n) is 3.91. The van der Waals surface area contributed by atoms with Crippen LogP contribution in [0.15, 0.2) is 22.7 Å². The molecule has 1 rings (SSSR count). The second kappa shape index (κ2) is 4.77. The van der Waals surface area contributed by atoms with Crippen LogP contribution in [0.2, 0.25) is 0 Å². The molecule has 1 aromatic rings. The minimum absolute atomic E-state index is 0.614. The highest BCUT2D eigenvalue weighted by molar-refractivity contribution is 9.10. The Morgan fingerprint density at radius 2 is 2.36 bits per heavy atom. The van der Waals surface area contributed by atoms with E-state index in [1.807, 2.05) is 6.07 Å². The second-order valence-electron chi connectivity index (χ2n) is 2.64. The number of nitriles is 1. The van der Waals surface area contributed by atoms with Gasteiger partial charge in [-0.3, -0.25) is 0 Å². The molecule has 0 aromatic heterocycles. The molecule has 1 atom stereocenters. The largest absolute Gasteiger partial charge is 0.496 e. The van der Waals surface area contributed by atoms with Crippen LogP contribution in [0.3, 0.4) is 0 Å². The third-order valence-electron chi connectivity index (χ3n) is 1.81. The lowest BCUT2D eigenvalue weighted by molar-refractivity contribution is -0.108. The first kappa shape index (κ1) is 10.7. The van der Waals surface area contributed by atoms with E-state index in [4.69, 9.17) is 10.00 Å². The van der Waals surface area contributed by atoms with Crippen LogP contribution in [-0.2, 0) is 4.79 Å². The quantitative estimate of drug-likeness (QED) is 0.777. The molecule has 0 aliphatic heterocycles. The normalized spacial score (nSPS) is 11.5. The van der Waals surface area contributed by atoms with Crippen molar-refractivity contribution in [1.82, 2.24) is 0 Å². The average molecular weight is 254 g/mol. The minimum Gasteiger partial charge on any atom is -0.496 e. The molecule has 4 heteroatoms. The van der Waals surface area contributed by atoms with Gasteiger partial charge in [-0.2, -0.15) is 5.26 Å². The number of hydrogen-bond acceptors (Lipinski definition) is 3. The van der Waals surface area contributed by atoms with E-state index in [0.717, 1.165) is 4.47 Å². The predicted molar refractivity (Wildman–Crippen MR) is 55.1 cm³/mol. The number of benzene rings is 1. The Morgan fingerprint density at radius 1 is 1.64 bits per heavy atom. The molecule has 0 saturated heterocycles. The van der Waals surface area contributed by atoms with Crippen LogP contribution in [0.5, 0.6) is 5.75 Å². The molecule has 0 aliphatic carbocycles. The lowest BCUT2D eigenvalue weighted by Crippen LogP contribution is -1.97. The zero-order valence-electron chi connectivity index (χ0n) is 7.53. The summed E-state index contributed by atoms with van der Waals surface area (Å²) in [6.07, 6.45) is 0.614. The summed E-state index contributed by atoms with van der Waals surface area (Å²) in [6.45, 7) is 0. The van der Waals surface area contributed by atoms with Gasteiger partial charge in [0.15, 0.2) is 0 Å². The van der Waals surface area contributed by atoms with E-state index in [1.54, 1.807) is 18.2 Å². The Balaban J connectivity index is 3.12. The summed E-state index contributed by atoms with van der Waals surface area (Å²) in [7, 11) is 1.53. The molecular weight excluding hydrogens is 246 g/mol. The van der Waals surface area contributed by atoms with Crippen molar-refractivity contribution in [3.8, 4) is 11.8 Å². The van der Waals surface area contributed by atoms with Gasteiger partial charge in [-0.25, -0.2) is 0 Å². The molecule has 0 heterocycles. The van der Waals surface area contributed by atoms with Gasteiger partial charge < -0.3 is 9.53 Å². The van der Waals surface area contributed by atoms with E-state index in [9.17, 15) is 4.79 Å². The number of ether oxygens (including phenoxy) is 1. The number of aldehydes is 1. The van der Waals surface area contributed by atoms with Crippen molar-refractivity contribution in [3.05, 3.63) is 28.2 Å². The summed E-state index contributed by atoms with van der Waals surface area (Å²) >= 11 is 3.29. The van der Waals surface area contributed by atoms with Crippen LogP contribution in [-0.4, -0.2) is 13.4 Å². The fraction of sp³-hybridized carbons (Fsp3) is 0.200. The summed E-state index contributed by atoms with van der Waals surface area (Å²) in [5.41, 5.74) is 0.641. The standard InChI is InChI=1S/C10H8BrNO2/c1-14-10-4-7(2-3-9(10)11)8(5-12)6-13/h2-4,6,8H,1H3. The van der Waals surface area contributed by atoms with Gasteiger partial charge in [-0.05, 0) is 33.6 Å². The van der Waals surface area contributed by atoms with Crippen LogP contribution in [0.25, 0.3) is 0 Å². The van der Waals surface area contributed by atoms with E-state index in [2.05, 4.69) is 15.9 Å². The molecule has 0 spiro atoms. The van der Waals surface area contributed by atoms with Gasteiger partial charge in [0, 0.05) is 0 Å². The van der Waals surface area contributed by atoms with E-state index in [1.165, 1.54) is 7.11 Å². The van der Waals surface area contributed by atoms with Crippen molar-refractivity contribution in [1.29, 1.82) is 5.26 Å². The van der Waals surface area contributed by atoms with Crippen molar-refractivity contribution >= 4 is 22.2 Å². The number of rotatable bonds is 3. The third-order valence-corrected chi connectivity index (χ3v) is 2.46. The maximum Gasteiger partial charge on any atom is 0.141 e. The fourth-order valence-electron chi connectivity index (χ4n) is 1.05. The lowest BCUT2D eigenvalue weighted by atomic mass is 10.0. The number of methoxy groups -OCH3 is 1. The number of halogens is 1. The lowest BCUT2D eigenvalue weighted by Gasteiger charge is -2.06. The van der Waals surface area contributed by atoms with Crippen LogP contribution in [0.1, 0.15) is 11.5 Å². The zero-order valence-corrected chi connectivity index (χ0v) is 9.11. The summed E-state index contributed by atoms with van der Waals surface area (Å²) in [4.78, 5) is 10.5. The van der Waals surface area contributed by atoms with E-state index in [-0.39, 0.29) is 0 Å². The van der Waals surface area contributed by atoms with Gasteiger partial charge >= 0.3 is 0 Å². The summed E-state index contributed by atoms with van der Waals surface area (Å²) in [6, 6.07) is 7.04. The molecule has 14 heavy (non-hydrogen) atoms. The Morgan fingerprint density at radius 3 is 2.86 bits per heavy atom. The number of nitrogens with zero attached hydrogens (tertiary/aromatic N) is 1. The molecule has 0 aliphatic rings. The van der Waals surface area contributed by atoms with Gasteiger partial charge in [-0.15, -0.1) is 0 Å². The Kier molecular flexibility index (Phi) is 3.66. The number of hydrogen-bond donors (Lipinski definition) is 0. The Labute approximate surface area is 90.4 Å². The van der Waals surface area contributed by atoms with Crippen molar-refractivity contribution in [3.63, 3.8) is 0 Å². The second-order valence-corrected chi connectivity index (χ2v) is 3.49. The van der Waals surface area contributed by atoms with Crippen LogP contribution in [0, 0.1) is 11.3 Å². The predicted octanol–water partition coefficient (Wildman–Crippen LogP) is 2.26. The maximum absolute atomic E-state index is 10.5. The third kappa shape index (κ3) is 2.12. The van der Waals surface area contributed by atoms with E-state index < -0.39 is 5.92 Å². The topological polar surface area (TPSA) is 50.1 Å². The van der Waals surface area contributed by atoms with Crippen LogP contribution < -0.4 is 4.74 Å². The molecule has 1 aromatic carbocycles. The Bertz CT molecular complexity index is 384. The highest BCUT2D eigenvalue weighted by atomic mass is 79.9. The summed E-state index contributed by atoms with van der Waals surface area (Å²) in [5, 5.41) is 8.68. The van der Waals surface area contributed by atoms with Crippen LogP contribution in [0.4, 0.5) is 0 Å². The average Bonchev–Trinajstić information content (AvgIpc) is 2.22. The van der Waals surface area contributed by atoms with Gasteiger partial charge in [0.25, 0.3) is 0 Å². The zero-order chi connectivity index (χ0) is 10.6. The smallest absolute Gasteiger partial charge is 0.141 e. The summed E-state index contributed by atoms with van der Waals surface area (Å²) in [5.74, 6) is -0.110. The highest BCUT2D eigenvalue weighted by Crippen LogP contribution is 2.28. The molecule has 0 radical (unpaired) electrons. The van der Waals surface area contributed by atoms with Gasteiger partial charge in [0.05, 0.1) is 17.7 Å². The SMILES string of the molecule is COc1cc(C(C#N)C=O)ccc1Br. The first-order valence-corrected chi connectivity index (χ1v) is 4.70. The van der Waals surface area contributed by atoms with E-state index >= 15 is 0 Å². The number of carbonyl (C=O) groups is 1. The molecule has 0 amide bonds. The summed E-state index contributed by atoms with van der Waals surface area (Å²) < 4.78 is 5.85. The molecule has 1 unspecified atom stereocenters. The highest BCUT2D eigenvalue weighted by Gasteiger charge is 2.11. The van der Waals surface area contributed by atoms with Gasteiger partial charge in [0.1, 0.15) is 18.0 Å². The fourth-order valence-corrected chi connectivity index (χ4v) is 1.46. The van der Waals surface area contributed by atoms with Gasteiger partial charge in [0.2, 0.25) is 0 Å². The Hall–Kier alpha value is -1.34. The van der Waals surface area contributed by atoms with E-state index in [0.29, 0.717) is 17.6 Å². The molecular formula is C10H8BrNO2. The van der Waals surface area contributed by atoms with Crippen molar-refractivity contribution in [2.24, 2.45) is 0 Å². The maximum atomic E-state index is 10.5. The van der Waals surface area contributed by atoms with Crippen molar-refractivity contribution < 1.29 is 9.53 Å². The monoisotopic (exact) mass is 253 g/mol.